The van der Waals surface area contributed by atoms with Crippen molar-refractivity contribution in [3.8, 4) is 0 Å². The first-order chi connectivity index (χ1) is 9.95. The number of nitrogens with one attached hydrogen (secondary N) is 1. The smallest absolute Gasteiger partial charge is 0.0309 e. The highest BCUT2D eigenvalue weighted by Gasteiger charge is 2.35. The average molecular weight is 288 g/mol. The van der Waals surface area contributed by atoms with E-state index in [1.807, 2.05) is 0 Å². The predicted octanol–water partition coefficient (Wildman–Crippen LogP) is 3.70. The van der Waals surface area contributed by atoms with Crippen LogP contribution in [0.4, 0.5) is 0 Å². The highest BCUT2D eigenvalue weighted by atomic mass is 15.2. The molecule has 1 aromatic rings. The van der Waals surface area contributed by atoms with Crippen molar-refractivity contribution in [2.75, 3.05) is 20.1 Å². The lowest BCUT2D eigenvalue weighted by Gasteiger charge is -2.46. The van der Waals surface area contributed by atoms with Crippen LogP contribution in [0.3, 0.4) is 0 Å². The molecular formula is C19H32N2. The van der Waals surface area contributed by atoms with Crippen LogP contribution in [0.25, 0.3) is 0 Å². The third kappa shape index (κ3) is 3.87. The lowest BCUT2D eigenvalue weighted by atomic mass is 9.85. The Kier molecular flexibility index (Phi) is 5.45. The standard InChI is InChI=1S/C19H32N2/c1-15-9-10-17(13-16(15)2)14-18(20-5)19(3,4)21-11-7-6-8-12-21/h9-10,13,18,20H,6-8,11-12,14H2,1-5H3. The molecule has 1 saturated heterocycles. The zero-order chi connectivity index (χ0) is 15.5. The van der Waals surface area contributed by atoms with Crippen molar-refractivity contribution in [1.82, 2.24) is 10.2 Å². The molecule has 0 saturated carbocycles. The summed E-state index contributed by atoms with van der Waals surface area (Å²) >= 11 is 0. The van der Waals surface area contributed by atoms with Gasteiger partial charge in [0.25, 0.3) is 0 Å². The Morgan fingerprint density at radius 1 is 1.10 bits per heavy atom. The minimum Gasteiger partial charge on any atom is -0.315 e. The molecule has 1 aliphatic rings. The molecule has 1 heterocycles. The van der Waals surface area contributed by atoms with Crippen molar-refractivity contribution >= 4 is 0 Å². The molecule has 118 valence electrons. The first kappa shape index (κ1) is 16.5. The lowest BCUT2D eigenvalue weighted by molar-refractivity contribution is 0.0635. The molecule has 0 amide bonds. The van der Waals surface area contributed by atoms with Crippen LogP contribution >= 0.6 is 0 Å². The minimum atomic E-state index is 0.202. The Morgan fingerprint density at radius 3 is 2.33 bits per heavy atom. The van der Waals surface area contributed by atoms with Gasteiger partial charge in [0.05, 0.1) is 0 Å². The number of likely N-dealkylation sites (tertiary alicyclic amines) is 1. The average Bonchev–Trinajstić information content (AvgIpc) is 2.49. The van der Waals surface area contributed by atoms with Crippen LogP contribution in [0.1, 0.15) is 49.8 Å². The Balaban J connectivity index is 2.12. The largest absolute Gasteiger partial charge is 0.315 e. The first-order valence-corrected chi connectivity index (χ1v) is 8.43. The summed E-state index contributed by atoms with van der Waals surface area (Å²) in [6.07, 6.45) is 5.20. The van der Waals surface area contributed by atoms with E-state index in [9.17, 15) is 0 Å². The van der Waals surface area contributed by atoms with Crippen LogP contribution < -0.4 is 5.32 Å². The monoisotopic (exact) mass is 288 g/mol. The minimum absolute atomic E-state index is 0.202. The van der Waals surface area contributed by atoms with Gasteiger partial charge in [0.2, 0.25) is 0 Å². The van der Waals surface area contributed by atoms with Gasteiger partial charge >= 0.3 is 0 Å². The number of aryl methyl sites for hydroxylation is 2. The van der Waals surface area contributed by atoms with Gasteiger partial charge in [-0.2, -0.15) is 0 Å². The van der Waals surface area contributed by atoms with Gasteiger partial charge in [0.1, 0.15) is 0 Å². The number of benzene rings is 1. The fourth-order valence-corrected chi connectivity index (χ4v) is 3.56. The van der Waals surface area contributed by atoms with E-state index in [0.717, 1.165) is 6.42 Å². The van der Waals surface area contributed by atoms with Gasteiger partial charge in [-0.15, -0.1) is 0 Å². The molecule has 2 nitrogen and oxygen atoms in total. The molecule has 2 heteroatoms. The number of piperidine rings is 1. The Hall–Kier alpha value is -0.860. The molecule has 1 atom stereocenters. The zero-order valence-corrected chi connectivity index (χ0v) is 14.5. The summed E-state index contributed by atoms with van der Waals surface area (Å²) in [7, 11) is 2.11. The molecule has 0 bridgehead atoms. The van der Waals surface area contributed by atoms with Crippen molar-refractivity contribution in [3.05, 3.63) is 34.9 Å². The van der Waals surface area contributed by atoms with Gasteiger partial charge < -0.3 is 5.32 Å². The predicted molar refractivity (Wildman–Crippen MR) is 92.0 cm³/mol. The van der Waals surface area contributed by atoms with Crippen LogP contribution in [-0.2, 0) is 6.42 Å². The molecule has 0 aromatic heterocycles. The maximum atomic E-state index is 3.58. The number of rotatable bonds is 5. The fraction of sp³-hybridized carbons (Fsp3) is 0.684. The molecule has 21 heavy (non-hydrogen) atoms. The molecule has 0 spiro atoms. The summed E-state index contributed by atoms with van der Waals surface area (Å²) in [6, 6.07) is 7.38. The van der Waals surface area contributed by atoms with E-state index in [-0.39, 0.29) is 5.54 Å². The molecule has 1 aliphatic heterocycles. The van der Waals surface area contributed by atoms with Crippen molar-refractivity contribution in [1.29, 1.82) is 0 Å². The summed E-state index contributed by atoms with van der Waals surface area (Å²) < 4.78 is 0. The molecule has 1 unspecified atom stereocenters. The SMILES string of the molecule is CNC(Cc1ccc(C)c(C)c1)C(C)(C)N1CCCCC1. The van der Waals surface area contributed by atoms with E-state index < -0.39 is 0 Å². The third-order valence-corrected chi connectivity index (χ3v) is 5.38. The highest BCUT2D eigenvalue weighted by molar-refractivity contribution is 5.30. The summed E-state index contributed by atoms with van der Waals surface area (Å²) in [5, 5.41) is 3.58. The van der Waals surface area contributed by atoms with Crippen molar-refractivity contribution < 1.29 is 0 Å². The van der Waals surface area contributed by atoms with E-state index in [4.69, 9.17) is 0 Å². The highest BCUT2D eigenvalue weighted by Crippen LogP contribution is 2.26. The first-order valence-electron chi connectivity index (χ1n) is 8.43. The summed E-state index contributed by atoms with van der Waals surface area (Å²) in [5.74, 6) is 0. The molecule has 0 radical (unpaired) electrons. The van der Waals surface area contributed by atoms with Crippen LogP contribution in [-0.4, -0.2) is 36.6 Å². The quantitative estimate of drug-likeness (QED) is 0.889. The number of nitrogens with zero attached hydrogens (tertiary/aromatic N) is 1. The van der Waals surface area contributed by atoms with Crippen LogP contribution in [0.15, 0.2) is 18.2 Å². The molecule has 0 aliphatic carbocycles. The van der Waals surface area contributed by atoms with Crippen molar-refractivity contribution in [3.63, 3.8) is 0 Å². The van der Waals surface area contributed by atoms with Gasteiger partial charge in [-0.1, -0.05) is 24.6 Å². The van der Waals surface area contributed by atoms with Crippen molar-refractivity contribution in [2.45, 2.75) is 65.0 Å². The fourth-order valence-electron chi connectivity index (χ4n) is 3.56. The van der Waals surface area contributed by atoms with Crippen LogP contribution in [0.5, 0.6) is 0 Å². The van der Waals surface area contributed by atoms with E-state index in [0.29, 0.717) is 6.04 Å². The second-order valence-corrected chi connectivity index (χ2v) is 7.17. The maximum absolute atomic E-state index is 3.58. The summed E-state index contributed by atoms with van der Waals surface area (Å²) in [4.78, 5) is 2.68. The number of hydrogen-bond donors (Lipinski definition) is 1. The van der Waals surface area contributed by atoms with Gasteiger partial charge in [0.15, 0.2) is 0 Å². The summed E-state index contributed by atoms with van der Waals surface area (Å²) in [5.41, 5.74) is 4.43. The molecule has 1 fully saturated rings. The zero-order valence-electron chi connectivity index (χ0n) is 14.5. The van der Waals surface area contributed by atoms with Gasteiger partial charge in [0, 0.05) is 11.6 Å². The number of hydrogen-bond acceptors (Lipinski definition) is 2. The normalized spacial score (nSPS) is 18.7. The second-order valence-electron chi connectivity index (χ2n) is 7.17. The molecule has 1 N–H and O–H groups in total. The van der Waals surface area contributed by atoms with Gasteiger partial charge in [-0.05, 0) is 83.8 Å². The lowest BCUT2D eigenvalue weighted by Crippen LogP contribution is -2.59. The van der Waals surface area contributed by atoms with Crippen LogP contribution in [0.2, 0.25) is 0 Å². The molecule has 2 rings (SSSR count). The third-order valence-electron chi connectivity index (χ3n) is 5.38. The maximum Gasteiger partial charge on any atom is 0.0309 e. The number of likely N-dealkylation sites (N-methyl/N-ethyl adjacent to an activating group) is 1. The van der Waals surface area contributed by atoms with Crippen LogP contribution in [0, 0.1) is 13.8 Å². The van der Waals surface area contributed by atoms with Gasteiger partial charge in [-0.3, -0.25) is 4.90 Å². The van der Waals surface area contributed by atoms with E-state index >= 15 is 0 Å². The Bertz CT molecular complexity index is 459. The van der Waals surface area contributed by atoms with Crippen molar-refractivity contribution in [2.24, 2.45) is 0 Å². The topological polar surface area (TPSA) is 15.3 Å². The molecular weight excluding hydrogens is 256 g/mol. The van der Waals surface area contributed by atoms with E-state index in [2.05, 4.69) is 63.2 Å². The Morgan fingerprint density at radius 2 is 1.76 bits per heavy atom. The second kappa shape index (κ2) is 6.93. The van der Waals surface area contributed by atoms with E-state index in [1.54, 1.807) is 0 Å². The molecule has 1 aromatic carbocycles. The Labute approximate surface area is 130 Å². The van der Waals surface area contributed by atoms with E-state index in [1.165, 1.54) is 49.0 Å². The summed E-state index contributed by atoms with van der Waals surface area (Å²) in [6.45, 7) is 11.7. The van der Waals surface area contributed by atoms with Gasteiger partial charge in [-0.25, -0.2) is 0 Å².